The molecule has 0 heterocycles. The number of rotatable bonds is 7. The van der Waals surface area contributed by atoms with Gasteiger partial charge >= 0.3 is 0 Å². The van der Waals surface area contributed by atoms with Crippen LogP contribution in [-0.4, -0.2) is 13.0 Å². The van der Waals surface area contributed by atoms with Crippen molar-refractivity contribution in [1.29, 1.82) is 0 Å². The van der Waals surface area contributed by atoms with Crippen LogP contribution in [0.5, 0.6) is 0 Å². The molecule has 0 saturated carbocycles. The highest BCUT2D eigenvalue weighted by molar-refractivity contribution is 6.31. The Hall–Kier alpha value is -1.69. The highest BCUT2D eigenvalue weighted by Gasteiger charge is 2.11. The second-order valence-corrected chi connectivity index (χ2v) is 6.21. The largest absolute Gasteiger partial charge is 0.328 e. The van der Waals surface area contributed by atoms with Crippen molar-refractivity contribution < 1.29 is 13.6 Å². The number of hydrogen-bond acceptors (Lipinski definition) is 2. The summed E-state index contributed by atoms with van der Waals surface area (Å²) >= 11 is 11.5. The van der Waals surface area contributed by atoms with Crippen molar-refractivity contribution >= 4 is 35.3 Å². The molecule has 0 aliphatic heterocycles. The molecule has 0 bridgehead atoms. The number of carbonyl (C=O) groups excluding carboxylic acids is 1. The summed E-state index contributed by atoms with van der Waals surface area (Å²) in [7, 11) is 0. The number of halogens is 4. The third kappa shape index (κ3) is 4.66. The lowest BCUT2D eigenvalue weighted by Crippen LogP contribution is -2.20. The summed E-state index contributed by atoms with van der Waals surface area (Å²) < 4.78 is 26.8. The first-order valence-electron chi connectivity index (χ1n) is 7.26. The molecule has 128 valence electrons. The van der Waals surface area contributed by atoms with Crippen LogP contribution in [0, 0.1) is 11.6 Å². The van der Waals surface area contributed by atoms with Gasteiger partial charge in [0.15, 0.2) is 0 Å². The molecule has 2 rings (SSSR count). The maximum atomic E-state index is 13.6. The lowest BCUT2D eigenvalue weighted by molar-refractivity contribution is -0.105. The van der Waals surface area contributed by atoms with Crippen LogP contribution in [0.3, 0.4) is 0 Å². The SMILES string of the molecule is CC(CNCc1cc(F)c(Cl)cc1NC=O)c1ccc(F)c(Cl)c1. The van der Waals surface area contributed by atoms with Crippen molar-refractivity contribution in [2.24, 2.45) is 0 Å². The molecular weight excluding hydrogens is 357 g/mol. The zero-order valence-corrected chi connectivity index (χ0v) is 14.4. The Labute approximate surface area is 149 Å². The van der Waals surface area contributed by atoms with Crippen molar-refractivity contribution in [2.45, 2.75) is 19.4 Å². The second kappa shape index (κ2) is 8.42. The number of carbonyl (C=O) groups is 1. The third-order valence-electron chi connectivity index (χ3n) is 3.64. The van der Waals surface area contributed by atoms with E-state index in [1.165, 1.54) is 18.2 Å². The highest BCUT2D eigenvalue weighted by Crippen LogP contribution is 2.25. The molecule has 7 heteroatoms. The van der Waals surface area contributed by atoms with E-state index in [4.69, 9.17) is 23.2 Å². The van der Waals surface area contributed by atoms with Gasteiger partial charge in [0.25, 0.3) is 0 Å². The van der Waals surface area contributed by atoms with Crippen molar-refractivity contribution in [1.82, 2.24) is 5.32 Å². The Morgan fingerprint density at radius 1 is 1.12 bits per heavy atom. The molecule has 1 atom stereocenters. The van der Waals surface area contributed by atoms with E-state index in [0.29, 0.717) is 30.8 Å². The fourth-order valence-corrected chi connectivity index (χ4v) is 2.64. The summed E-state index contributed by atoms with van der Waals surface area (Å²) in [6, 6.07) is 7.24. The number of benzene rings is 2. The quantitative estimate of drug-likeness (QED) is 0.689. The summed E-state index contributed by atoms with van der Waals surface area (Å²) in [6.45, 7) is 2.86. The average Bonchev–Trinajstić information content (AvgIpc) is 2.54. The Morgan fingerprint density at radius 3 is 2.50 bits per heavy atom. The lowest BCUT2D eigenvalue weighted by Gasteiger charge is -2.15. The van der Waals surface area contributed by atoms with E-state index in [0.717, 1.165) is 5.56 Å². The smallest absolute Gasteiger partial charge is 0.211 e. The minimum atomic E-state index is -0.553. The van der Waals surface area contributed by atoms with Gasteiger partial charge in [0.1, 0.15) is 11.6 Å². The minimum Gasteiger partial charge on any atom is -0.328 e. The van der Waals surface area contributed by atoms with Crippen molar-refractivity contribution in [3.05, 3.63) is 63.1 Å². The summed E-state index contributed by atoms with van der Waals surface area (Å²) in [5, 5.41) is 5.70. The van der Waals surface area contributed by atoms with Crippen LogP contribution in [0.15, 0.2) is 30.3 Å². The molecule has 0 radical (unpaired) electrons. The van der Waals surface area contributed by atoms with E-state index in [1.54, 1.807) is 12.1 Å². The minimum absolute atomic E-state index is 0.0579. The normalized spacial score (nSPS) is 12.0. The first-order chi connectivity index (χ1) is 11.4. The maximum absolute atomic E-state index is 13.6. The van der Waals surface area contributed by atoms with E-state index in [9.17, 15) is 13.6 Å². The van der Waals surface area contributed by atoms with E-state index >= 15 is 0 Å². The standard InChI is InChI=1S/C17H16Cl2F2N2O/c1-10(11-2-3-15(20)13(18)4-11)7-22-8-12-5-16(21)14(19)6-17(12)23-9-24/h2-6,9-10,22H,7-8H2,1H3,(H,23,24). The molecule has 0 aromatic heterocycles. The van der Waals surface area contributed by atoms with Crippen LogP contribution in [0.25, 0.3) is 0 Å². The first-order valence-corrected chi connectivity index (χ1v) is 8.01. The summed E-state index contributed by atoms with van der Waals surface area (Å²) in [5.74, 6) is -0.937. The maximum Gasteiger partial charge on any atom is 0.211 e. The number of anilines is 1. The van der Waals surface area contributed by atoms with Gasteiger partial charge in [-0.25, -0.2) is 8.78 Å². The van der Waals surface area contributed by atoms with Gasteiger partial charge in [0.2, 0.25) is 6.41 Å². The summed E-state index contributed by atoms with van der Waals surface area (Å²) in [6.07, 6.45) is 0.510. The van der Waals surface area contributed by atoms with E-state index in [1.807, 2.05) is 6.92 Å². The van der Waals surface area contributed by atoms with E-state index in [-0.39, 0.29) is 16.0 Å². The summed E-state index contributed by atoms with van der Waals surface area (Å²) in [5.41, 5.74) is 1.91. The molecule has 2 N–H and O–H groups in total. The molecule has 2 aromatic rings. The van der Waals surface area contributed by atoms with Gasteiger partial charge in [-0.3, -0.25) is 4.79 Å². The molecule has 2 aromatic carbocycles. The predicted molar refractivity (Wildman–Crippen MR) is 92.6 cm³/mol. The zero-order valence-electron chi connectivity index (χ0n) is 12.9. The van der Waals surface area contributed by atoms with Crippen LogP contribution >= 0.6 is 23.2 Å². The third-order valence-corrected chi connectivity index (χ3v) is 4.22. The molecule has 0 saturated heterocycles. The van der Waals surface area contributed by atoms with Crippen LogP contribution in [0.4, 0.5) is 14.5 Å². The van der Waals surface area contributed by atoms with E-state index in [2.05, 4.69) is 10.6 Å². The molecule has 24 heavy (non-hydrogen) atoms. The van der Waals surface area contributed by atoms with Gasteiger partial charge in [0, 0.05) is 18.8 Å². The number of hydrogen-bond donors (Lipinski definition) is 2. The molecule has 1 amide bonds. The van der Waals surface area contributed by atoms with Crippen molar-refractivity contribution in [3.8, 4) is 0 Å². The van der Waals surface area contributed by atoms with Gasteiger partial charge in [-0.2, -0.15) is 0 Å². The predicted octanol–water partition coefficient (Wildman–Crippen LogP) is 4.73. The van der Waals surface area contributed by atoms with E-state index < -0.39 is 11.6 Å². The van der Waals surface area contributed by atoms with Crippen LogP contribution in [-0.2, 0) is 11.3 Å². The Kier molecular flexibility index (Phi) is 6.54. The average molecular weight is 373 g/mol. The zero-order chi connectivity index (χ0) is 17.7. The Balaban J connectivity index is 2.01. The number of amides is 1. The van der Waals surface area contributed by atoms with Gasteiger partial charge in [-0.1, -0.05) is 36.2 Å². The van der Waals surface area contributed by atoms with Gasteiger partial charge < -0.3 is 10.6 Å². The summed E-state index contributed by atoms with van der Waals surface area (Å²) in [4.78, 5) is 10.6. The molecule has 3 nitrogen and oxygen atoms in total. The van der Waals surface area contributed by atoms with Crippen LogP contribution in [0.2, 0.25) is 10.0 Å². The molecule has 0 fully saturated rings. The molecule has 0 aliphatic rings. The van der Waals surface area contributed by atoms with Crippen molar-refractivity contribution in [2.75, 3.05) is 11.9 Å². The first kappa shape index (κ1) is 18.6. The fraction of sp³-hybridized carbons (Fsp3) is 0.235. The molecule has 0 spiro atoms. The van der Waals surface area contributed by atoms with Gasteiger partial charge in [-0.05, 0) is 41.3 Å². The van der Waals surface area contributed by atoms with Crippen molar-refractivity contribution in [3.63, 3.8) is 0 Å². The van der Waals surface area contributed by atoms with Gasteiger partial charge in [0.05, 0.1) is 10.0 Å². The van der Waals surface area contributed by atoms with Crippen LogP contribution in [0.1, 0.15) is 24.0 Å². The number of nitrogens with one attached hydrogen (secondary N) is 2. The molecule has 1 unspecified atom stereocenters. The van der Waals surface area contributed by atoms with Crippen LogP contribution < -0.4 is 10.6 Å². The highest BCUT2D eigenvalue weighted by atomic mass is 35.5. The topological polar surface area (TPSA) is 41.1 Å². The Morgan fingerprint density at radius 2 is 1.83 bits per heavy atom. The van der Waals surface area contributed by atoms with Gasteiger partial charge in [-0.15, -0.1) is 0 Å². The Bertz CT molecular complexity index is 741. The monoisotopic (exact) mass is 372 g/mol. The lowest BCUT2D eigenvalue weighted by atomic mass is 10.0. The molecular formula is C17H16Cl2F2N2O. The second-order valence-electron chi connectivity index (χ2n) is 5.39. The fourth-order valence-electron chi connectivity index (χ4n) is 2.29. The molecule has 0 aliphatic carbocycles.